The summed E-state index contributed by atoms with van der Waals surface area (Å²) in [7, 11) is 0. The number of fused-ring (bicyclic) bond motifs is 4. The molecule has 3 saturated heterocycles. The highest BCUT2D eigenvalue weighted by atomic mass is 16.6. The second-order valence-electron chi connectivity index (χ2n) is 13.1. The van der Waals surface area contributed by atoms with E-state index in [-0.39, 0.29) is 42.5 Å². The monoisotopic (exact) mass is 611 g/mol. The van der Waals surface area contributed by atoms with Crippen LogP contribution in [-0.4, -0.2) is 75.5 Å². The summed E-state index contributed by atoms with van der Waals surface area (Å²) < 4.78 is 28.5. The molecule has 2 N–H and O–H groups in total. The van der Waals surface area contributed by atoms with Gasteiger partial charge in [0.15, 0.2) is 12.0 Å². The number of hydrogen-bond donors (Lipinski definition) is 2. The number of aliphatic hydroxyl groups is 2. The normalized spacial score (nSPS) is 38.6. The zero-order valence-corrected chi connectivity index (χ0v) is 26.3. The minimum absolute atomic E-state index is 0.0290. The number of carbonyl (C=O) groups is 2. The van der Waals surface area contributed by atoms with Gasteiger partial charge in [0.05, 0.1) is 18.3 Å². The van der Waals surface area contributed by atoms with Crippen molar-refractivity contribution in [2.24, 2.45) is 17.8 Å². The summed E-state index contributed by atoms with van der Waals surface area (Å²) in [6.45, 7) is 11.2. The van der Waals surface area contributed by atoms with Crippen LogP contribution in [0, 0.1) is 24.7 Å². The second-order valence-corrected chi connectivity index (χ2v) is 13.1. The van der Waals surface area contributed by atoms with Crippen molar-refractivity contribution in [3.63, 3.8) is 0 Å². The SMILES string of the molecule is C/C(=C/C=C/C(C)=C/c1coc(C)n1)C(O)C(C)C1CC(O)C2(C)OC2/C=C/C(C)C2CC(CC(=O)O2)CC2OC2C(=O)O1. The third-order valence-corrected chi connectivity index (χ3v) is 9.42. The standard InChI is InChI=1S/C34H45NO9/c1-18(12-24-17-40-22(5)35-24)8-7-9-20(3)31(38)21(4)26-16-28(36)34(6)29(44-34)11-10-19(2)25-13-23(15-30(37)41-25)14-27-32(42-27)33(39)43-26/h7-12,17,19,21,23,25-29,31-32,36,38H,13-16H2,1-6H3/b8-7+,11-10+,18-12+,20-9-. The van der Waals surface area contributed by atoms with Crippen molar-refractivity contribution < 1.29 is 43.2 Å². The van der Waals surface area contributed by atoms with E-state index in [0.29, 0.717) is 30.7 Å². The molecule has 4 aliphatic rings. The molecule has 0 saturated carbocycles. The van der Waals surface area contributed by atoms with Gasteiger partial charge in [0.1, 0.15) is 35.9 Å². The topological polar surface area (TPSA) is 144 Å². The lowest BCUT2D eigenvalue weighted by Gasteiger charge is -2.32. The predicted octanol–water partition coefficient (Wildman–Crippen LogP) is 4.39. The van der Waals surface area contributed by atoms with E-state index in [1.54, 1.807) is 20.1 Å². The van der Waals surface area contributed by atoms with Gasteiger partial charge in [-0.15, -0.1) is 0 Å². The molecule has 44 heavy (non-hydrogen) atoms. The summed E-state index contributed by atoms with van der Waals surface area (Å²) in [6, 6.07) is 0. The molecule has 2 bridgehead atoms. The number of cyclic esters (lactones) is 1. The molecule has 0 amide bonds. The van der Waals surface area contributed by atoms with Crippen LogP contribution in [0.25, 0.3) is 6.08 Å². The molecule has 0 aliphatic carbocycles. The summed E-state index contributed by atoms with van der Waals surface area (Å²) in [5, 5.41) is 22.6. The number of allylic oxidation sites excluding steroid dienone is 4. The van der Waals surface area contributed by atoms with Gasteiger partial charge in [-0.05, 0) is 56.8 Å². The molecule has 11 unspecified atom stereocenters. The molecule has 240 valence electrons. The first-order chi connectivity index (χ1) is 20.8. The molecule has 0 spiro atoms. The Labute approximate surface area is 258 Å². The van der Waals surface area contributed by atoms with Crippen LogP contribution in [0.4, 0.5) is 0 Å². The third-order valence-electron chi connectivity index (χ3n) is 9.42. The maximum Gasteiger partial charge on any atom is 0.338 e. The molecular formula is C34H45NO9. The summed E-state index contributed by atoms with van der Waals surface area (Å²) in [4.78, 5) is 29.9. The van der Waals surface area contributed by atoms with Crippen LogP contribution in [0.15, 0.2) is 52.2 Å². The lowest BCUT2D eigenvalue weighted by Crippen LogP contribution is -2.41. The van der Waals surface area contributed by atoms with E-state index in [1.165, 1.54) is 0 Å². The Balaban J connectivity index is 1.30. The maximum absolute atomic E-state index is 13.2. The third kappa shape index (κ3) is 7.59. The van der Waals surface area contributed by atoms with Gasteiger partial charge < -0.3 is 33.6 Å². The van der Waals surface area contributed by atoms with Crippen LogP contribution in [0.5, 0.6) is 0 Å². The minimum atomic E-state index is -0.960. The van der Waals surface area contributed by atoms with Crippen molar-refractivity contribution in [2.75, 3.05) is 0 Å². The molecule has 1 aromatic heterocycles. The number of aryl methyl sites for hydroxylation is 1. The van der Waals surface area contributed by atoms with Gasteiger partial charge in [-0.3, -0.25) is 4.79 Å². The Morgan fingerprint density at radius 3 is 2.61 bits per heavy atom. The van der Waals surface area contributed by atoms with E-state index in [9.17, 15) is 19.8 Å². The Morgan fingerprint density at radius 1 is 1.14 bits per heavy atom. The number of nitrogens with zero attached hydrogens (tertiary/aromatic N) is 1. The van der Waals surface area contributed by atoms with Crippen LogP contribution in [0.2, 0.25) is 0 Å². The number of oxazole rings is 1. The van der Waals surface area contributed by atoms with Gasteiger partial charge in [0, 0.05) is 31.6 Å². The van der Waals surface area contributed by atoms with Crippen molar-refractivity contribution in [3.05, 3.63) is 59.4 Å². The number of aromatic nitrogens is 1. The van der Waals surface area contributed by atoms with Gasteiger partial charge in [-0.25, -0.2) is 9.78 Å². The van der Waals surface area contributed by atoms with Crippen molar-refractivity contribution in [2.45, 2.75) is 116 Å². The molecule has 1 aromatic rings. The van der Waals surface area contributed by atoms with E-state index in [2.05, 4.69) is 4.98 Å². The largest absolute Gasteiger partial charge is 0.462 e. The fourth-order valence-corrected chi connectivity index (χ4v) is 6.25. The van der Waals surface area contributed by atoms with Crippen LogP contribution >= 0.6 is 0 Å². The van der Waals surface area contributed by atoms with Crippen LogP contribution in [-0.2, 0) is 28.5 Å². The summed E-state index contributed by atoms with van der Waals surface area (Å²) in [5.41, 5.74) is 1.49. The smallest absolute Gasteiger partial charge is 0.338 e. The number of epoxide rings is 2. The number of carbonyl (C=O) groups excluding carboxylic acids is 2. The quantitative estimate of drug-likeness (QED) is 0.206. The molecule has 0 radical (unpaired) electrons. The molecule has 10 nitrogen and oxygen atoms in total. The molecule has 5 heterocycles. The average Bonchev–Trinajstić information content (AvgIpc) is 3.84. The van der Waals surface area contributed by atoms with Crippen molar-refractivity contribution in [1.29, 1.82) is 0 Å². The van der Waals surface area contributed by atoms with Gasteiger partial charge >= 0.3 is 11.9 Å². The average molecular weight is 612 g/mol. The Hall–Kier alpha value is -3.05. The molecule has 5 rings (SSSR count). The van der Waals surface area contributed by atoms with E-state index in [4.69, 9.17) is 23.4 Å². The van der Waals surface area contributed by atoms with Crippen LogP contribution in [0.3, 0.4) is 0 Å². The second kappa shape index (κ2) is 13.1. The summed E-state index contributed by atoms with van der Waals surface area (Å²) in [6.07, 6.45) is 10.2. The number of rotatable bonds is 6. The Bertz CT molecular complexity index is 1340. The maximum atomic E-state index is 13.2. The number of hydrogen-bond acceptors (Lipinski definition) is 10. The van der Waals surface area contributed by atoms with E-state index >= 15 is 0 Å². The van der Waals surface area contributed by atoms with E-state index in [0.717, 1.165) is 11.3 Å². The van der Waals surface area contributed by atoms with E-state index in [1.807, 2.05) is 64.2 Å². The first kappa shape index (κ1) is 32.3. The molecular weight excluding hydrogens is 566 g/mol. The fourth-order valence-electron chi connectivity index (χ4n) is 6.25. The lowest BCUT2D eigenvalue weighted by atomic mass is 9.84. The van der Waals surface area contributed by atoms with Crippen LogP contribution in [0.1, 0.15) is 71.9 Å². The molecule has 10 heteroatoms. The highest BCUT2D eigenvalue weighted by Crippen LogP contribution is 2.44. The Morgan fingerprint density at radius 2 is 1.89 bits per heavy atom. The van der Waals surface area contributed by atoms with Gasteiger partial charge in [0.2, 0.25) is 0 Å². The van der Waals surface area contributed by atoms with Gasteiger partial charge in [0.25, 0.3) is 0 Å². The minimum Gasteiger partial charge on any atom is -0.462 e. The zero-order chi connectivity index (χ0) is 31.8. The summed E-state index contributed by atoms with van der Waals surface area (Å²) in [5.74, 6) is -0.684. The highest BCUT2D eigenvalue weighted by Gasteiger charge is 2.57. The van der Waals surface area contributed by atoms with Gasteiger partial charge in [-0.1, -0.05) is 44.2 Å². The first-order valence-electron chi connectivity index (χ1n) is 15.6. The van der Waals surface area contributed by atoms with E-state index < -0.39 is 41.9 Å². The highest BCUT2D eigenvalue weighted by molar-refractivity contribution is 5.78. The van der Waals surface area contributed by atoms with Crippen LogP contribution < -0.4 is 0 Å². The fraction of sp³-hybridized carbons (Fsp3) is 0.618. The zero-order valence-electron chi connectivity index (χ0n) is 26.3. The molecule has 11 atom stereocenters. The summed E-state index contributed by atoms with van der Waals surface area (Å²) >= 11 is 0. The Kier molecular flexibility index (Phi) is 9.65. The lowest BCUT2D eigenvalue weighted by molar-refractivity contribution is -0.159. The first-order valence-corrected chi connectivity index (χ1v) is 15.6. The van der Waals surface area contributed by atoms with Crippen molar-refractivity contribution in [3.8, 4) is 0 Å². The van der Waals surface area contributed by atoms with Crippen molar-refractivity contribution >= 4 is 18.0 Å². The molecule has 3 fully saturated rings. The van der Waals surface area contributed by atoms with Crippen molar-refractivity contribution in [1.82, 2.24) is 4.98 Å². The molecule has 4 aliphatic heterocycles. The molecule has 0 aromatic carbocycles. The predicted molar refractivity (Wildman–Crippen MR) is 161 cm³/mol. The number of aliphatic hydroxyl groups excluding tert-OH is 2. The number of ether oxygens (including phenoxy) is 4. The van der Waals surface area contributed by atoms with Gasteiger partial charge in [-0.2, -0.15) is 0 Å². The number of esters is 2.